The van der Waals surface area contributed by atoms with Crippen LogP contribution in [0.3, 0.4) is 0 Å². The summed E-state index contributed by atoms with van der Waals surface area (Å²) in [6.07, 6.45) is -6.33. The van der Waals surface area contributed by atoms with Crippen molar-refractivity contribution in [1.82, 2.24) is 21.9 Å². The number of ether oxygens (including phenoxy) is 1. The second kappa shape index (κ2) is 8.79. The van der Waals surface area contributed by atoms with Crippen molar-refractivity contribution in [3.05, 3.63) is 36.7 Å². The van der Waals surface area contributed by atoms with Crippen LogP contribution in [0.4, 0.5) is 8.78 Å². The molecule has 0 saturated carbocycles. The number of rotatable bonds is 4. The quantitative estimate of drug-likeness (QED) is 0.304. The van der Waals surface area contributed by atoms with E-state index in [-0.39, 0.29) is 17.9 Å². The number of hydrogen-bond acceptors (Lipinski definition) is 7. The lowest BCUT2D eigenvalue weighted by molar-refractivity contribution is -0.315. The molecule has 0 aliphatic carbocycles. The highest BCUT2D eigenvalue weighted by Crippen LogP contribution is 2.44. The minimum absolute atomic E-state index is 0. The molecule has 0 aromatic carbocycles. The van der Waals surface area contributed by atoms with Gasteiger partial charge in [0.25, 0.3) is 5.56 Å². The Labute approximate surface area is 158 Å². The molecule has 26 heavy (non-hydrogen) atoms. The van der Waals surface area contributed by atoms with Crippen LogP contribution in [0.1, 0.15) is 11.8 Å². The fourth-order valence-electron chi connectivity index (χ4n) is 2.20. The third-order valence-corrected chi connectivity index (χ3v) is 4.44. The maximum atomic E-state index is 14.2. The number of aromatic nitrogens is 2. The van der Waals surface area contributed by atoms with Gasteiger partial charge in [-0.25, -0.2) is 4.79 Å². The van der Waals surface area contributed by atoms with Crippen molar-refractivity contribution >= 4 is 36.3 Å². The van der Waals surface area contributed by atoms with Crippen molar-refractivity contribution in [2.45, 2.75) is 24.4 Å². The van der Waals surface area contributed by atoms with Gasteiger partial charge in [-0.05, 0) is 10.2 Å². The van der Waals surface area contributed by atoms with Gasteiger partial charge < -0.3 is 36.5 Å². The number of nitrogens with zero attached hydrogens (tertiary/aromatic N) is 1. The van der Waals surface area contributed by atoms with Crippen LogP contribution in [-0.4, -0.2) is 38.9 Å². The number of H-pyrrole nitrogens is 1. The van der Waals surface area contributed by atoms with Crippen molar-refractivity contribution in [1.29, 1.82) is 0 Å². The second-order valence-corrected chi connectivity index (χ2v) is 7.29. The minimum atomic E-state index is -5.24. The maximum Gasteiger partial charge on any atom is 0.330 e. The summed E-state index contributed by atoms with van der Waals surface area (Å²) in [6.45, 7) is 0. The van der Waals surface area contributed by atoms with Gasteiger partial charge in [-0.3, -0.25) is 14.3 Å². The highest BCUT2D eigenvalue weighted by molar-refractivity contribution is 14.1. The summed E-state index contributed by atoms with van der Waals surface area (Å²) in [4.78, 5) is 46.6. The monoisotopic (exact) mass is 514 g/mol. The molecule has 150 valence electrons. The molecule has 10 N–H and O–H groups in total. The molecular formula is C11H18F2IN4O7P. The van der Waals surface area contributed by atoms with Crippen LogP contribution < -0.4 is 33.3 Å². The van der Waals surface area contributed by atoms with E-state index < -0.39 is 49.4 Å². The van der Waals surface area contributed by atoms with Gasteiger partial charge in [0, 0.05) is 12.4 Å². The van der Waals surface area contributed by atoms with Crippen LogP contribution in [0.15, 0.2) is 19.9 Å². The molecule has 1 aromatic heterocycles. The normalized spacial score (nSPS) is 24.9. The fraction of sp³-hybridized carbons (Fsp3) is 0.455. The molecule has 1 aliphatic heterocycles. The smallest absolute Gasteiger partial charge is 0.330 e. The number of halogens is 3. The standard InChI is InChI=1S/C11H12F2IN2O7P.2H3N/c12-11(13)7(17)6(4-24(20,21)22)23-9(11)16-3-5(1-2-14)8(18)15-10(16)19;;/h1-3,6-7,9,17H,4H2,(H,15,18,19)(H2,20,21,22);2*1H3/b2-1+;;/t6-,7-,9-;;/m1../s1. The molecule has 0 radical (unpaired) electrons. The fourth-order valence-corrected chi connectivity index (χ4v) is 3.31. The van der Waals surface area contributed by atoms with E-state index in [9.17, 15) is 37.8 Å². The summed E-state index contributed by atoms with van der Waals surface area (Å²) in [5.74, 6) is -4.06. The third-order valence-electron chi connectivity index (χ3n) is 3.27. The Kier molecular flexibility index (Phi) is 8.45. The Bertz CT molecular complexity index is 823. The molecule has 2 rings (SSSR count). The van der Waals surface area contributed by atoms with Crippen LogP contribution in [0.25, 0.3) is 6.08 Å². The molecule has 1 aliphatic rings. The van der Waals surface area contributed by atoms with Crippen molar-refractivity contribution < 1.29 is 33.0 Å². The zero-order valence-electron chi connectivity index (χ0n) is 13.6. The molecule has 11 nitrogen and oxygen atoms in total. The SMILES string of the molecule is O=c1[nH]c(=O)n([C@@H]2O[C@H](CP(=O)([O-])[O-])[C@@H](O)C2(F)F)cc1/C=C/I.[NH4+].[NH4+]. The van der Waals surface area contributed by atoms with Crippen LogP contribution >= 0.6 is 30.2 Å². The maximum absolute atomic E-state index is 14.2. The topological polar surface area (TPSA) is 221 Å². The zero-order chi connectivity index (χ0) is 18.3. The van der Waals surface area contributed by atoms with Crippen molar-refractivity contribution in [2.24, 2.45) is 0 Å². The van der Waals surface area contributed by atoms with Crippen LogP contribution in [0.5, 0.6) is 0 Å². The first-order valence-corrected chi connectivity index (χ1v) is 9.29. The molecule has 0 spiro atoms. The largest absolute Gasteiger partial charge is 0.811 e. The number of aliphatic hydroxyl groups excluding tert-OH is 1. The van der Waals surface area contributed by atoms with Gasteiger partial charge in [-0.2, -0.15) is 8.78 Å². The molecule has 3 atom stereocenters. The molecular weight excluding hydrogens is 496 g/mol. The Morgan fingerprint density at radius 1 is 1.42 bits per heavy atom. The van der Waals surface area contributed by atoms with Crippen LogP contribution in [-0.2, 0) is 9.30 Å². The lowest BCUT2D eigenvalue weighted by atomic mass is 10.1. The summed E-state index contributed by atoms with van der Waals surface area (Å²) in [7, 11) is -5.24. The van der Waals surface area contributed by atoms with E-state index in [0.717, 1.165) is 6.20 Å². The molecule has 0 bridgehead atoms. The average molecular weight is 514 g/mol. The van der Waals surface area contributed by atoms with Gasteiger partial charge in [0.05, 0.1) is 11.7 Å². The van der Waals surface area contributed by atoms with Gasteiger partial charge in [0.1, 0.15) is 6.10 Å². The molecule has 1 fully saturated rings. The number of nitrogens with one attached hydrogen (secondary N) is 1. The van der Waals surface area contributed by atoms with E-state index in [4.69, 9.17) is 4.74 Å². The Hall–Kier alpha value is -1.00. The van der Waals surface area contributed by atoms with Crippen LogP contribution in [0, 0.1) is 0 Å². The predicted molar refractivity (Wildman–Crippen MR) is 93.7 cm³/mol. The number of alkyl halides is 2. The van der Waals surface area contributed by atoms with E-state index in [1.807, 2.05) is 4.98 Å². The van der Waals surface area contributed by atoms with Crippen molar-refractivity contribution in [3.8, 4) is 0 Å². The highest BCUT2D eigenvalue weighted by atomic mass is 127. The molecule has 1 aromatic rings. The summed E-state index contributed by atoms with van der Waals surface area (Å²) < 4.78 is 45.6. The Morgan fingerprint density at radius 2 is 2.00 bits per heavy atom. The third kappa shape index (κ3) is 5.04. The van der Waals surface area contributed by atoms with Gasteiger partial charge >= 0.3 is 11.6 Å². The summed E-state index contributed by atoms with van der Waals surface area (Å²) in [5.41, 5.74) is -2.21. The number of hydrogen-bond donors (Lipinski definition) is 4. The zero-order valence-corrected chi connectivity index (χ0v) is 16.6. The highest BCUT2D eigenvalue weighted by Gasteiger charge is 2.59. The molecule has 0 unspecified atom stereocenters. The molecule has 1 saturated heterocycles. The average Bonchev–Trinajstić information content (AvgIpc) is 2.64. The summed E-state index contributed by atoms with van der Waals surface area (Å²) in [6, 6.07) is 0. The summed E-state index contributed by atoms with van der Waals surface area (Å²) in [5, 5.41) is 9.55. The molecule has 2 heterocycles. The van der Waals surface area contributed by atoms with Crippen molar-refractivity contribution in [3.63, 3.8) is 0 Å². The first-order chi connectivity index (χ1) is 11.0. The first-order valence-electron chi connectivity index (χ1n) is 6.32. The van der Waals surface area contributed by atoms with E-state index >= 15 is 0 Å². The van der Waals surface area contributed by atoms with E-state index in [2.05, 4.69) is 0 Å². The molecule has 0 amide bonds. The van der Waals surface area contributed by atoms with E-state index in [1.54, 1.807) is 22.6 Å². The van der Waals surface area contributed by atoms with Crippen molar-refractivity contribution in [2.75, 3.05) is 6.16 Å². The van der Waals surface area contributed by atoms with Gasteiger partial charge in [0.15, 0.2) is 0 Å². The Morgan fingerprint density at radius 3 is 2.50 bits per heavy atom. The lowest BCUT2D eigenvalue weighted by Gasteiger charge is -2.32. The van der Waals surface area contributed by atoms with Gasteiger partial charge in [-0.15, -0.1) is 0 Å². The van der Waals surface area contributed by atoms with Gasteiger partial charge in [-0.1, -0.05) is 30.2 Å². The number of quaternary nitrogens is 2. The first kappa shape index (κ1) is 25.0. The minimum Gasteiger partial charge on any atom is -0.811 e. The lowest BCUT2D eigenvalue weighted by Crippen LogP contribution is -2.43. The number of aromatic amines is 1. The van der Waals surface area contributed by atoms with E-state index in [1.165, 1.54) is 10.2 Å². The second-order valence-electron chi connectivity index (χ2n) is 4.98. The summed E-state index contributed by atoms with van der Waals surface area (Å²) >= 11 is 1.76. The van der Waals surface area contributed by atoms with E-state index in [0.29, 0.717) is 4.57 Å². The Balaban J connectivity index is 0.00000312. The van der Waals surface area contributed by atoms with Crippen LogP contribution in [0.2, 0.25) is 0 Å². The molecule has 15 heteroatoms. The number of aliphatic hydroxyl groups is 1. The predicted octanol–water partition coefficient (Wildman–Crippen LogP) is -0.498. The van der Waals surface area contributed by atoms with Gasteiger partial charge in [0.2, 0.25) is 6.23 Å².